The maximum absolute atomic E-state index is 12.7. The van der Waals surface area contributed by atoms with Crippen molar-refractivity contribution in [1.82, 2.24) is 10.3 Å². The van der Waals surface area contributed by atoms with Crippen molar-refractivity contribution in [3.05, 3.63) is 78.6 Å². The van der Waals surface area contributed by atoms with Gasteiger partial charge in [-0.3, -0.25) is 9.78 Å². The summed E-state index contributed by atoms with van der Waals surface area (Å²) in [6.07, 6.45) is 4.37. The summed E-state index contributed by atoms with van der Waals surface area (Å²) in [5.41, 5.74) is 3.82. The number of ether oxygens (including phenoxy) is 1. The Labute approximate surface area is 165 Å². The average molecular weight is 373 g/mol. The number of benzene rings is 2. The van der Waals surface area contributed by atoms with Crippen LogP contribution in [0.15, 0.2) is 73.1 Å². The van der Waals surface area contributed by atoms with Gasteiger partial charge in [0.25, 0.3) is 5.91 Å². The number of nitrogens with one attached hydrogen (secondary N) is 1. The molecule has 0 spiro atoms. The van der Waals surface area contributed by atoms with Crippen LogP contribution in [0.1, 0.15) is 16.8 Å². The number of anilines is 1. The second-order valence-corrected chi connectivity index (χ2v) is 6.89. The van der Waals surface area contributed by atoms with Gasteiger partial charge in [0.15, 0.2) is 0 Å². The third-order valence-electron chi connectivity index (χ3n) is 5.11. The molecule has 3 aromatic rings. The molecule has 1 unspecified atom stereocenters. The molecule has 2 heterocycles. The van der Waals surface area contributed by atoms with Crippen molar-refractivity contribution in [2.24, 2.45) is 0 Å². The van der Waals surface area contributed by atoms with Gasteiger partial charge in [-0.1, -0.05) is 30.3 Å². The molecule has 1 amide bonds. The van der Waals surface area contributed by atoms with Crippen molar-refractivity contribution in [1.29, 1.82) is 0 Å². The molecule has 28 heavy (non-hydrogen) atoms. The number of methoxy groups -OCH3 is 1. The molecule has 4 rings (SSSR count). The minimum Gasteiger partial charge on any atom is -0.494 e. The molecular weight excluding hydrogens is 350 g/mol. The Morgan fingerprint density at radius 1 is 1.11 bits per heavy atom. The van der Waals surface area contributed by atoms with Crippen LogP contribution in [0.3, 0.4) is 0 Å². The number of rotatable bonds is 5. The molecule has 1 aliphatic rings. The highest BCUT2D eigenvalue weighted by Crippen LogP contribution is 2.28. The van der Waals surface area contributed by atoms with E-state index in [-0.39, 0.29) is 11.9 Å². The molecule has 5 heteroatoms. The van der Waals surface area contributed by atoms with E-state index in [2.05, 4.69) is 27.3 Å². The molecule has 1 atom stereocenters. The predicted octanol–water partition coefficient (Wildman–Crippen LogP) is 3.77. The number of hydrogen-bond acceptors (Lipinski definition) is 4. The van der Waals surface area contributed by atoms with Gasteiger partial charge in [-0.2, -0.15) is 0 Å². The second kappa shape index (κ2) is 8.13. The van der Waals surface area contributed by atoms with E-state index in [4.69, 9.17) is 4.74 Å². The van der Waals surface area contributed by atoms with E-state index in [1.807, 2.05) is 48.5 Å². The lowest BCUT2D eigenvalue weighted by atomic mass is 10.0. The Hall–Kier alpha value is -3.34. The first-order chi connectivity index (χ1) is 13.7. The molecule has 2 aromatic carbocycles. The molecule has 142 valence electrons. The third-order valence-corrected chi connectivity index (χ3v) is 5.11. The molecular formula is C23H23N3O2. The van der Waals surface area contributed by atoms with Crippen molar-refractivity contribution in [2.45, 2.75) is 12.5 Å². The summed E-state index contributed by atoms with van der Waals surface area (Å²) in [5.74, 6) is 0.680. The molecule has 1 aromatic heterocycles. The lowest BCUT2D eigenvalue weighted by molar-refractivity contribution is 0.0940. The quantitative estimate of drug-likeness (QED) is 0.740. The number of pyridine rings is 1. The first-order valence-corrected chi connectivity index (χ1v) is 9.44. The molecule has 5 nitrogen and oxygen atoms in total. The molecule has 1 aliphatic heterocycles. The Kier molecular flexibility index (Phi) is 5.24. The predicted molar refractivity (Wildman–Crippen MR) is 111 cm³/mol. The molecule has 0 saturated carbocycles. The van der Waals surface area contributed by atoms with Crippen LogP contribution in [0.4, 0.5) is 5.69 Å². The molecule has 0 aliphatic carbocycles. The van der Waals surface area contributed by atoms with E-state index in [1.165, 1.54) is 5.69 Å². The minimum atomic E-state index is -0.0341. The molecule has 0 radical (unpaired) electrons. The SMILES string of the molecule is COc1cnccc1-c1ccc(C(=O)NC2CCN(c3ccccc3)C2)cc1. The molecule has 1 saturated heterocycles. The van der Waals surface area contributed by atoms with Gasteiger partial charge in [-0.25, -0.2) is 0 Å². The highest BCUT2D eigenvalue weighted by Gasteiger charge is 2.24. The number of para-hydroxylation sites is 1. The van der Waals surface area contributed by atoms with Gasteiger partial charge in [0.05, 0.1) is 13.3 Å². The standard InChI is InChI=1S/C23H23N3O2/c1-28-22-15-24-13-11-21(22)17-7-9-18(10-8-17)23(27)25-19-12-14-26(16-19)20-5-3-2-4-6-20/h2-11,13,15,19H,12,14,16H2,1H3,(H,25,27). The van der Waals surface area contributed by atoms with Crippen LogP contribution in [0.5, 0.6) is 5.75 Å². The zero-order valence-corrected chi connectivity index (χ0v) is 15.8. The van der Waals surface area contributed by atoms with E-state index in [0.29, 0.717) is 11.3 Å². The van der Waals surface area contributed by atoms with Gasteiger partial charge in [0.2, 0.25) is 0 Å². The zero-order valence-electron chi connectivity index (χ0n) is 15.8. The summed E-state index contributed by atoms with van der Waals surface area (Å²) < 4.78 is 5.37. The maximum atomic E-state index is 12.7. The number of carbonyl (C=O) groups is 1. The van der Waals surface area contributed by atoms with Crippen LogP contribution in [0.2, 0.25) is 0 Å². The monoisotopic (exact) mass is 373 g/mol. The zero-order chi connectivity index (χ0) is 19.3. The number of nitrogens with zero attached hydrogens (tertiary/aromatic N) is 2. The normalized spacial score (nSPS) is 16.0. The summed E-state index contributed by atoms with van der Waals surface area (Å²) in [5, 5.41) is 3.16. The van der Waals surface area contributed by atoms with Crippen LogP contribution in [-0.4, -0.2) is 37.1 Å². The van der Waals surface area contributed by atoms with Gasteiger partial charge in [-0.05, 0) is 42.3 Å². The van der Waals surface area contributed by atoms with Crippen LogP contribution < -0.4 is 15.0 Å². The lowest BCUT2D eigenvalue weighted by Crippen LogP contribution is -2.37. The average Bonchev–Trinajstić information content (AvgIpc) is 3.23. The largest absolute Gasteiger partial charge is 0.494 e. The van der Waals surface area contributed by atoms with Crippen molar-refractivity contribution >= 4 is 11.6 Å². The van der Waals surface area contributed by atoms with Crippen molar-refractivity contribution in [3.63, 3.8) is 0 Å². The van der Waals surface area contributed by atoms with Crippen LogP contribution in [-0.2, 0) is 0 Å². The molecule has 0 bridgehead atoms. The van der Waals surface area contributed by atoms with Crippen molar-refractivity contribution in [3.8, 4) is 16.9 Å². The lowest BCUT2D eigenvalue weighted by Gasteiger charge is -2.19. The third kappa shape index (κ3) is 3.83. The Morgan fingerprint density at radius 3 is 2.64 bits per heavy atom. The fraction of sp³-hybridized carbons (Fsp3) is 0.217. The first kappa shape index (κ1) is 18.0. The summed E-state index contributed by atoms with van der Waals surface area (Å²) >= 11 is 0. The van der Waals surface area contributed by atoms with Gasteiger partial charge in [-0.15, -0.1) is 0 Å². The Morgan fingerprint density at radius 2 is 1.89 bits per heavy atom. The second-order valence-electron chi connectivity index (χ2n) is 6.89. The fourth-order valence-electron chi connectivity index (χ4n) is 3.60. The number of aromatic nitrogens is 1. The van der Waals surface area contributed by atoms with Crippen molar-refractivity contribution < 1.29 is 9.53 Å². The Bertz CT molecular complexity index is 942. The fourth-order valence-corrected chi connectivity index (χ4v) is 3.60. The summed E-state index contributed by atoms with van der Waals surface area (Å²) in [6.45, 7) is 1.79. The molecule has 1 N–H and O–H groups in total. The van der Waals surface area contributed by atoms with Gasteiger partial charge in [0, 0.05) is 42.1 Å². The Balaban J connectivity index is 1.40. The number of amides is 1. The minimum absolute atomic E-state index is 0.0341. The van der Waals surface area contributed by atoms with E-state index in [1.54, 1.807) is 19.5 Å². The molecule has 1 fully saturated rings. The summed E-state index contributed by atoms with van der Waals surface area (Å²) in [4.78, 5) is 19.0. The highest BCUT2D eigenvalue weighted by molar-refractivity contribution is 5.95. The van der Waals surface area contributed by atoms with Crippen molar-refractivity contribution in [2.75, 3.05) is 25.1 Å². The smallest absolute Gasteiger partial charge is 0.251 e. The summed E-state index contributed by atoms with van der Waals surface area (Å²) in [6, 6.07) is 20.0. The van der Waals surface area contributed by atoms with Crippen LogP contribution in [0, 0.1) is 0 Å². The van der Waals surface area contributed by atoms with E-state index >= 15 is 0 Å². The van der Waals surface area contributed by atoms with E-state index in [9.17, 15) is 4.79 Å². The highest BCUT2D eigenvalue weighted by atomic mass is 16.5. The van der Waals surface area contributed by atoms with E-state index < -0.39 is 0 Å². The van der Waals surface area contributed by atoms with Gasteiger partial charge in [0.1, 0.15) is 5.75 Å². The van der Waals surface area contributed by atoms with E-state index in [0.717, 1.165) is 30.6 Å². The van der Waals surface area contributed by atoms with Crippen LogP contribution >= 0.6 is 0 Å². The van der Waals surface area contributed by atoms with Gasteiger partial charge < -0.3 is 15.0 Å². The number of carbonyl (C=O) groups excluding carboxylic acids is 1. The van der Waals surface area contributed by atoms with Crippen LogP contribution in [0.25, 0.3) is 11.1 Å². The first-order valence-electron chi connectivity index (χ1n) is 9.44. The number of hydrogen-bond donors (Lipinski definition) is 1. The summed E-state index contributed by atoms with van der Waals surface area (Å²) in [7, 11) is 1.63. The topological polar surface area (TPSA) is 54.5 Å². The maximum Gasteiger partial charge on any atom is 0.251 e. The van der Waals surface area contributed by atoms with Gasteiger partial charge >= 0.3 is 0 Å².